The van der Waals surface area contributed by atoms with E-state index in [9.17, 15) is 0 Å². The van der Waals surface area contributed by atoms with Crippen LogP contribution in [0.1, 0.15) is 26.7 Å². The summed E-state index contributed by atoms with van der Waals surface area (Å²) in [5.74, 6) is 0.337. The van der Waals surface area contributed by atoms with Crippen LogP contribution < -0.4 is 10.5 Å². The summed E-state index contributed by atoms with van der Waals surface area (Å²) in [4.78, 5) is 12.8. The van der Waals surface area contributed by atoms with E-state index in [1.165, 1.54) is 6.26 Å². The van der Waals surface area contributed by atoms with Gasteiger partial charge in [0.15, 0.2) is 11.5 Å². The zero-order chi connectivity index (χ0) is 15.2. The quantitative estimate of drug-likeness (QED) is 0.592. The second kappa shape index (κ2) is 6.92. The Morgan fingerprint density at radius 1 is 1.38 bits per heavy atom. The van der Waals surface area contributed by atoms with Crippen molar-refractivity contribution in [2.75, 3.05) is 12.3 Å². The molecule has 0 aromatic carbocycles. The number of fused-ring (bicyclic) bond motifs is 1. The van der Waals surface area contributed by atoms with Gasteiger partial charge in [-0.2, -0.15) is 9.97 Å². The lowest BCUT2D eigenvalue weighted by atomic mass is 10.3. The third kappa shape index (κ3) is 3.84. The molecule has 0 radical (unpaired) electrons. The topological polar surface area (TPSA) is 88.1 Å². The van der Waals surface area contributed by atoms with Crippen LogP contribution >= 0.6 is 0 Å². The van der Waals surface area contributed by atoms with Gasteiger partial charge < -0.3 is 19.8 Å². The Morgan fingerprint density at radius 3 is 2.90 bits per heavy atom. The average molecular weight is 291 g/mol. The summed E-state index contributed by atoms with van der Waals surface area (Å²) in [6, 6.07) is 0.284. The summed E-state index contributed by atoms with van der Waals surface area (Å²) in [7, 11) is 0. The molecule has 21 heavy (non-hydrogen) atoms. The molecule has 7 heteroatoms. The van der Waals surface area contributed by atoms with Crippen LogP contribution in [0.5, 0.6) is 6.01 Å². The number of nitrogen functional groups attached to an aromatic ring is 1. The van der Waals surface area contributed by atoms with Crippen molar-refractivity contribution >= 4 is 17.0 Å². The highest BCUT2D eigenvalue weighted by Gasteiger charge is 2.12. The van der Waals surface area contributed by atoms with Gasteiger partial charge in [0.05, 0.1) is 25.3 Å². The summed E-state index contributed by atoms with van der Waals surface area (Å²) >= 11 is 0. The summed E-state index contributed by atoms with van der Waals surface area (Å²) in [5.41, 5.74) is 7.20. The predicted molar refractivity (Wildman–Crippen MR) is 80.9 cm³/mol. The maximum absolute atomic E-state index is 5.90. The van der Waals surface area contributed by atoms with Crippen LogP contribution in [-0.4, -0.2) is 32.2 Å². The average Bonchev–Trinajstić information content (AvgIpc) is 2.81. The van der Waals surface area contributed by atoms with Gasteiger partial charge in [0.25, 0.3) is 0 Å². The van der Waals surface area contributed by atoms with Gasteiger partial charge in [-0.3, -0.25) is 0 Å². The van der Waals surface area contributed by atoms with E-state index >= 15 is 0 Å². The van der Waals surface area contributed by atoms with Gasteiger partial charge in [0.1, 0.15) is 5.52 Å². The van der Waals surface area contributed by atoms with E-state index in [0.717, 1.165) is 19.4 Å². The van der Waals surface area contributed by atoms with Crippen LogP contribution in [0, 0.1) is 0 Å². The molecule has 0 aliphatic heterocycles. The van der Waals surface area contributed by atoms with Gasteiger partial charge in [-0.1, -0.05) is 6.58 Å². The molecule has 0 aliphatic carbocycles. The summed E-state index contributed by atoms with van der Waals surface area (Å²) in [6.45, 7) is 8.79. The molecule has 0 saturated carbocycles. The van der Waals surface area contributed by atoms with E-state index in [0.29, 0.717) is 23.6 Å². The van der Waals surface area contributed by atoms with Crippen LogP contribution in [0.2, 0.25) is 0 Å². The zero-order valence-corrected chi connectivity index (χ0v) is 12.5. The third-order valence-corrected chi connectivity index (χ3v) is 2.84. The molecule has 114 valence electrons. The lowest BCUT2D eigenvalue weighted by molar-refractivity contribution is 0.223. The van der Waals surface area contributed by atoms with Crippen molar-refractivity contribution in [1.82, 2.24) is 19.5 Å². The first-order chi connectivity index (χ1) is 10.1. The molecule has 0 aliphatic rings. The van der Waals surface area contributed by atoms with Crippen molar-refractivity contribution in [3.8, 4) is 6.01 Å². The van der Waals surface area contributed by atoms with Crippen LogP contribution in [0.15, 0.2) is 19.2 Å². The monoisotopic (exact) mass is 291 g/mol. The molecule has 0 amide bonds. The lowest BCUT2D eigenvalue weighted by Crippen LogP contribution is -2.10. The number of rotatable bonds is 8. The fraction of sp³-hybridized carbons (Fsp3) is 0.500. The Labute approximate surface area is 123 Å². The van der Waals surface area contributed by atoms with Crippen molar-refractivity contribution in [3.05, 3.63) is 19.2 Å². The first-order valence-corrected chi connectivity index (χ1v) is 6.99. The molecule has 0 saturated heterocycles. The van der Waals surface area contributed by atoms with Crippen LogP contribution in [0.3, 0.4) is 0 Å². The first-order valence-electron chi connectivity index (χ1n) is 6.99. The number of unbranched alkanes of at least 4 members (excludes halogenated alkanes) is 1. The van der Waals surface area contributed by atoms with Crippen molar-refractivity contribution in [1.29, 1.82) is 0 Å². The Kier molecular flexibility index (Phi) is 4.97. The number of ether oxygens (including phenoxy) is 2. The van der Waals surface area contributed by atoms with Crippen LogP contribution in [0.4, 0.5) is 5.82 Å². The number of hydrogen-bond donors (Lipinski definition) is 1. The van der Waals surface area contributed by atoms with E-state index < -0.39 is 0 Å². The Balaban J connectivity index is 2.12. The minimum absolute atomic E-state index is 0.00530. The van der Waals surface area contributed by atoms with Crippen LogP contribution in [-0.2, 0) is 11.3 Å². The minimum atomic E-state index is -0.00530. The molecule has 2 aromatic rings. The molecular formula is C14H21N5O2. The second-order valence-electron chi connectivity index (χ2n) is 4.91. The molecule has 0 bridgehead atoms. The first kappa shape index (κ1) is 15.1. The number of aryl methyl sites for hydroxylation is 1. The fourth-order valence-corrected chi connectivity index (χ4v) is 1.92. The number of nitrogens with zero attached hydrogens (tertiary/aromatic N) is 4. The van der Waals surface area contributed by atoms with Gasteiger partial charge in [-0.05, 0) is 26.7 Å². The minimum Gasteiger partial charge on any atom is -0.502 e. The Bertz CT molecular complexity index is 609. The standard InChI is InChI=1S/C14H21N5O2/c1-4-20-8-6-5-7-19-9-16-11-12(15)17-14(18-13(11)19)21-10(2)3/h4,9-10H,1,5-8H2,2-3H3,(H2,15,17,18). The third-order valence-electron chi connectivity index (χ3n) is 2.84. The van der Waals surface area contributed by atoms with Gasteiger partial charge in [0.2, 0.25) is 0 Å². The molecule has 2 aromatic heterocycles. The van der Waals surface area contributed by atoms with Gasteiger partial charge in [-0.25, -0.2) is 4.98 Å². The van der Waals surface area contributed by atoms with E-state index in [1.54, 1.807) is 6.33 Å². The maximum atomic E-state index is 5.90. The molecule has 7 nitrogen and oxygen atoms in total. The number of aromatic nitrogens is 4. The van der Waals surface area contributed by atoms with E-state index in [1.807, 2.05) is 18.4 Å². The predicted octanol–water partition coefficient (Wildman–Crippen LogP) is 2.14. The fourth-order valence-electron chi connectivity index (χ4n) is 1.92. The molecule has 0 fully saturated rings. The van der Waals surface area contributed by atoms with Crippen molar-refractivity contribution in [3.63, 3.8) is 0 Å². The summed E-state index contributed by atoms with van der Waals surface area (Å²) < 4.78 is 12.6. The highest BCUT2D eigenvalue weighted by Crippen LogP contribution is 2.20. The normalized spacial score (nSPS) is 11.0. The molecular weight excluding hydrogens is 270 g/mol. The largest absolute Gasteiger partial charge is 0.502 e. The molecule has 2 N–H and O–H groups in total. The number of hydrogen-bond acceptors (Lipinski definition) is 6. The highest BCUT2D eigenvalue weighted by molar-refractivity contribution is 5.81. The Morgan fingerprint density at radius 2 is 2.19 bits per heavy atom. The molecule has 2 heterocycles. The van der Waals surface area contributed by atoms with Gasteiger partial charge in [0, 0.05) is 6.54 Å². The summed E-state index contributed by atoms with van der Waals surface area (Å²) in [5, 5.41) is 0. The van der Waals surface area contributed by atoms with Gasteiger partial charge >= 0.3 is 6.01 Å². The number of anilines is 1. The highest BCUT2D eigenvalue weighted by atomic mass is 16.5. The summed E-state index contributed by atoms with van der Waals surface area (Å²) in [6.07, 6.45) is 5.05. The smallest absolute Gasteiger partial charge is 0.320 e. The van der Waals surface area contributed by atoms with Gasteiger partial charge in [-0.15, -0.1) is 0 Å². The van der Waals surface area contributed by atoms with E-state index in [2.05, 4.69) is 21.5 Å². The SMILES string of the molecule is C=COCCCCn1cnc2c(N)nc(OC(C)C)nc21. The molecule has 0 spiro atoms. The Hall–Kier alpha value is -2.31. The zero-order valence-electron chi connectivity index (χ0n) is 12.5. The van der Waals surface area contributed by atoms with Crippen molar-refractivity contribution in [2.24, 2.45) is 0 Å². The second-order valence-corrected chi connectivity index (χ2v) is 4.91. The maximum Gasteiger partial charge on any atom is 0.320 e. The van der Waals surface area contributed by atoms with E-state index in [-0.39, 0.29) is 12.1 Å². The van der Waals surface area contributed by atoms with Crippen LogP contribution in [0.25, 0.3) is 11.2 Å². The number of nitrogens with two attached hydrogens (primary N) is 1. The van der Waals surface area contributed by atoms with E-state index in [4.69, 9.17) is 15.2 Å². The molecule has 2 rings (SSSR count). The molecule has 0 atom stereocenters. The molecule has 0 unspecified atom stereocenters. The van der Waals surface area contributed by atoms with Crippen molar-refractivity contribution < 1.29 is 9.47 Å². The number of imidazole rings is 1. The lowest BCUT2D eigenvalue weighted by Gasteiger charge is -2.09. The van der Waals surface area contributed by atoms with Crippen molar-refractivity contribution in [2.45, 2.75) is 39.3 Å².